The number of ether oxygens (including phenoxy) is 1. The maximum atomic E-state index is 12.9. The number of nitrogens with zero attached hydrogens (tertiary/aromatic N) is 1. The normalized spacial score (nSPS) is 11.0. The molecule has 1 aromatic heterocycles. The SMILES string of the molecule is N#Cc1ccc(OCc2ccc(C=O)o2)c(C(F)(F)F)c1. The first-order chi connectivity index (χ1) is 9.94. The fourth-order valence-corrected chi connectivity index (χ4v) is 1.63. The van der Waals surface area contributed by atoms with Gasteiger partial charge in [-0.15, -0.1) is 0 Å². The number of furan rings is 1. The van der Waals surface area contributed by atoms with Gasteiger partial charge in [-0.05, 0) is 30.3 Å². The van der Waals surface area contributed by atoms with Crippen LogP contribution in [-0.4, -0.2) is 6.29 Å². The van der Waals surface area contributed by atoms with E-state index in [2.05, 4.69) is 0 Å². The number of hydrogen-bond acceptors (Lipinski definition) is 4. The van der Waals surface area contributed by atoms with Crippen molar-refractivity contribution in [1.82, 2.24) is 0 Å². The quantitative estimate of drug-likeness (QED) is 0.809. The molecule has 0 fully saturated rings. The summed E-state index contributed by atoms with van der Waals surface area (Å²) in [7, 11) is 0. The molecule has 108 valence electrons. The van der Waals surface area contributed by atoms with Crippen molar-refractivity contribution in [1.29, 1.82) is 5.26 Å². The number of halogens is 3. The van der Waals surface area contributed by atoms with E-state index in [-0.39, 0.29) is 23.7 Å². The van der Waals surface area contributed by atoms with E-state index in [1.54, 1.807) is 6.07 Å². The van der Waals surface area contributed by atoms with Crippen molar-refractivity contribution in [3.63, 3.8) is 0 Å². The van der Waals surface area contributed by atoms with E-state index < -0.39 is 17.5 Å². The predicted molar refractivity (Wildman–Crippen MR) is 64.6 cm³/mol. The molecule has 0 N–H and O–H groups in total. The van der Waals surface area contributed by atoms with Crippen molar-refractivity contribution in [2.24, 2.45) is 0 Å². The van der Waals surface area contributed by atoms with Crippen molar-refractivity contribution >= 4 is 6.29 Å². The summed E-state index contributed by atoms with van der Waals surface area (Å²) >= 11 is 0. The average molecular weight is 295 g/mol. The number of aldehydes is 1. The lowest BCUT2D eigenvalue weighted by Gasteiger charge is -2.13. The Morgan fingerprint density at radius 3 is 2.62 bits per heavy atom. The highest BCUT2D eigenvalue weighted by Gasteiger charge is 2.34. The van der Waals surface area contributed by atoms with Gasteiger partial charge in [0.05, 0.1) is 17.2 Å². The molecule has 0 atom stereocenters. The summed E-state index contributed by atoms with van der Waals surface area (Å²) in [6, 6.07) is 7.47. The van der Waals surface area contributed by atoms with Gasteiger partial charge in [0.15, 0.2) is 12.0 Å². The Kier molecular flexibility index (Phi) is 3.98. The predicted octanol–water partition coefficient (Wildman–Crippen LogP) is 3.56. The molecular weight excluding hydrogens is 287 g/mol. The number of carbonyl (C=O) groups excluding carboxylic acids is 1. The van der Waals surface area contributed by atoms with Crippen molar-refractivity contribution in [2.75, 3.05) is 0 Å². The first kappa shape index (κ1) is 14.7. The minimum atomic E-state index is -4.64. The molecule has 0 amide bonds. The minimum absolute atomic E-state index is 0.0597. The third kappa shape index (κ3) is 3.42. The molecular formula is C14H8F3NO3. The number of rotatable bonds is 4. The molecule has 0 bridgehead atoms. The van der Waals surface area contributed by atoms with E-state index in [4.69, 9.17) is 14.4 Å². The van der Waals surface area contributed by atoms with Gasteiger partial charge in [-0.1, -0.05) is 0 Å². The Bertz CT molecular complexity index is 698. The third-order valence-corrected chi connectivity index (χ3v) is 2.58. The summed E-state index contributed by atoms with van der Waals surface area (Å²) in [5, 5.41) is 8.65. The highest BCUT2D eigenvalue weighted by atomic mass is 19.4. The first-order valence-corrected chi connectivity index (χ1v) is 5.72. The molecule has 0 radical (unpaired) electrons. The molecule has 0 aliphatic rings. The maximum absolute atomic E-state index is 12.9. The zero-order chi connectivity index (χ0) is 15.5. The second kappa shape index (κ2) is 5.71. The van der Waals surface area contributed by atoms with Crippen LogP contribution >= 0.6 is 0 Å². The van der Waals surface area contributed by atoms with E-state index in [1.807, 2.05) is 0 Å². The topological polar surface area (TPSA) is 63.2 Å². The molecule has 0 saturated carbocycles. The molecule has 0 aliphatic carbocycles. The van der Waals surface area contributed by atoms with Crippen LogP contribution < -0.4 is 4.74 Å². The molecule has 1 heterocycles. The number of nitriles is 1. The lowest BCUT2D eigenvalue weighted by atomic mass is 10.1. The first-order valence-electron chi connectivity index (χ1n) is 5.72. The molecule has 0 spiro atoms. The van der Waals surface area contributed by atoms with Crippen LogP contribution in [0.5, 0.6) is 5.75 Å². The highest BCUT2D eigenvalue weighted by Crippen LogP contribution is 2.37. The molecule has 0 aliphatic heterocycles. The largest absolute Gasteiger partial charge is 0.485 e. The maximum Gasteiger partial charge on any atom is 0.420 e. The van der Waals surface area contributed by atoms with Gasteiger partial charge >= 0.3 is 6.18 Å². The van der Waals surface area contributed by atoms with Gasteiger partial charge in [0, 0.05) is 0 Å². The van der Waals surface area contributed by atoms with Crippen LogP contribution in [0.15, 0.2) is 34.7 Å². The number of benzene rings is 1. The van der Waals surface area contributed by atoms with E-state index >= 15 is 0 Å². The third-order valence-electron chi connectivity index (χ3n) is 2.58. The van der Waals surface area contributed by atoms with Gasteiger partial charge in [0.1, 0.15) is 18.1 Å². The summed E-state index contributed by atoms with van der Waals surface area (Å²) < 4.78 is 48.7. The van der Waals surface area contributed by atoms with E-state index in [1.165, 1.54) is 18.2 Å². The Hall–Kier alpha value is -2.75. The molecule has 0 unspecified atom stereocenters. The van der Waals surface area contributed by atoms with Gasteiger partial charge in [-0.3, -0.25) is 4.79 Å². The van der Waals surface area contributed by atoms with E-state index in [9.17, 15) is 18.0 Å². The standard InChI is InChI=1S/C14H8F3NO3/c15-14(16,17)12-5-9(6-18)1-4-13(12)20-8-11-3-2-10(7-19)21-11/h1-5,7H,8H2. The zero-order valence-corrected chi connectivity index (χ0v) is 10.5. The summed E-state index contributed by atoms with van der Waals surface area (Å²) in [4.78, 5) is 10.4. The second-order valence-corrected chi connectivity index (χ2v) is 4.03. The van der Waals surface area contributed by atoms with Crippen molar-refractivity contribution in [3.05, 3.63) is 53.0 Å². The molecule has 2 aromatic rings. The van der Waals surface area contributed by atoms with E-state index in [0.717, 1.165) is 6.07 Å². The van der Waals surface area contributed by atoms with Gasteiger partial charge in [0.25, 0.3) is 0 Å². The van der Waals surface area contributed by atoms with Gasteiger partial charge in [-0.2, -0.15) is 18.4 Å². The summed E-state index contributed by atoms with van der Waals surface area (Å²) in [6.07, 6.45) is -4.16. The lowest BCUT2D eigenvalue weighted by Crippen LogP contribution is -2.09. The summed E-state index contributed by atoms with van der Waals surface area (Å²) in [5.74, 6) is -0.135. The fraction of sp³-hybridized carbons (Fsp3) is 0.143. The van der Waals surface area contributed by atoms with Gasteiger partial charge in [0.2, 0.25) is 0 Å². The van der Waals surface area contributed by atoms with Crippen molar-refractivity contribution in [3.8, 4) is 11.8 Å². The van der Waals surface area contributed by atoms with Crippen molar-refractivity contribution in [2.45, 2.75) is 12.8 Å². The Morgan fingerprint density at radius 1 is 1.29 bits per heavy atom. The Morgan fingerprint density at radius 2 is 2.05 bits per heavy atom. The smallest absolute Gasteiger partial charge is 0.420 e. The Balaban J connectivity index is 2.23. The lowest BCUT2D eigenvalue weighted by molar-refractivity contribution is -0.139. The summed E-state index contributed by atoms with van der Waals surface area (Å²) in [5.41, 5.74) is -1.15. The van der Waals surface area contributed by atoms with Gasteiger partial charge in [-0.25, -0.2) is 0 Å². The molecule has 1 aromatic carbocycles. The fourth-order valence-electron chi connectivity index (χ4n) is 1.63. The molecule has 4 nitrogen and oxygen atoms in total. The molecule has 2 rings (SSSR count). The van der Waals surface area contributed by atoms with Crippen LogP contribution in [-0.2, 0) is 12.8 Å². The second-order valence-electron chi connectivity index (χ2n) is 4.03. The van der Waals surface area contributed by atoms with Crippen LogP contribution in [0.25, 0.3) is 0 Å². The number of hydrogen-bond donors (Lipinski definition) is 0. The van der Waals surface area contributed by atoms with Crippen LogP contribution in [0, 0.1) is 11.3 Å². The average Bonchev–Trinajstić information content (AvgIpc) is 2.92. The monoisotopic (exact) mass is 295 g/mol. The van der Waals surface area contributed by atoms with Gasteiger partial charge < -0.3 is 9.15 Å². The van der Waals surface area contributed by atoms with E-state index in [0.29, 0.717) is 12.4 Å². The van der Waals surface area contributed by atoms with Crippen LogP contribution in [0.4, 0.5) is 13.2 Å². The minimum Gasteiger partial charge on any atom is -0.485 e. The zero-order valence-electron chi connectivity index (χ0n) is 10.5. The van der Waals surface area contributed by atoms with Crippen LogP contribution in [0.1, 0.15) is 27.4 Å². The summed E-state index contributed by atoms with van der Waals surface area (Å²) in [6.45, 7) is -0.261. The van der Waals surface area contributed by atoms with Crippen LogP contribution in [0.2, 0.25) is 0 Å². The van der Waals surface area contributed by atoms with Crippen molar-refractivity contribution < 1.29 is 27.1 Å². The number of alkyl halides is 3. The highest BCUT2D eigenvalue weighted by molar-refractivity contribution is 5.70. The molecule has 21 heavy (non-hydrogen) atoms. The number of carbonyl (C=O) groups is 1. The molecule has 7 heteroatoms. The molecule has 0 saturated heterocycles. The Labute approximate surface area is 117 Å². The van der Waals surface area contributed by atoms with Crippen LogP contribution in [0.3, 0.4) is 0 Å².